The van der Waals surface area contributed by atoms with Crippen molar-refractivity contribution in [2.45, 2.75) is 27.1 Å². The number of hydrogen-bond acceptors (Lipinski definition) is 2. The second-order valence-corrected chi connectivity index (χ2v) is 4.63. The lowest BCUT2D eigenvalue weighted by Crippen LogP contribution is -1.98. The lowest BCUT2D eigenvalue weighted by atomic mass is 9.98. The van der Waals surface area contributed by atoms with E-state index in [9.17, 15) is 0 Å². The smallest absolute Gasteiger partial charge is 0.0722 e. The van der Waals surface area contributed by atoms with E-state index < -0.39 is 0 Å². The lowest BCUT2D eigenvalue weighted by Gasteiger charge is -2.12. The zero-order chi connectivity index (χ0) is 14.2. The van der Waals surface area contributed by atoms with Gasteiger partial charge in [0.25, 0.3) is 0 Å². The lowest BCUT2D eigenvalue weighted by molar-refractivity contribution is 0.130. The molecule has 2 heteroatoms. The van der Waals surface area contributed by atoms with Crippen molar-refractivity contribution in [3.8, 4) is 11.1 Å². The van der Waals surface area contributed by atoms with Gasteiger partial charge in [-0.3, -0.25) is 0 Å². The van der Waals surface area contributed by atoms with Crippen LogP contribution in [0.15, 0.2) is 48.5 Å². The molecular weight excluding hydrogens is 248 g/mol. The van der Waals surface area contributed by atoms with Gasteiger partial charge >= 0.3 is 0 Å². The van der Waals surface area contributed by atoms with Crippen molar-refractivity contribution in [1.82, 2.24) is 0 Å². The summed E-state index contributed by atoms with van der Waals surface area (Å²) in [5.74, 6) is 0. The summed E-state index contributed by atoms with van der Waals surface area (Å²) in [5.41, 5.74) is 4.88. The molecule has 2 aromatic rings. The zero-order valence-corrected chi connectivity index (χ0v) is 12.3. The molecule has 0 N–H and O–H groups in total. The van der Waals surface area contributed by atoms with Crippen LogP contribution in [0.25, 0.3) is 11.1 Å². The Bertz CT molecular complexity index is 520. The molecular formula is C18H22O2. The third-order valence-corrected chi connectivity index (χ3v) is 3.19. The fourth-order valence-electron chi connectivity index (χ4n) is 2.19. The molecule has 0 radical (unpaired) electrons. The molecule has 0 spiro atoms. The van der Waals surface area contributed by atoms with Gasteiger partial charge in [-0.2, -0.15) is 0 Å². The van der Waals surface area contributed by atoms with Gasteiger partial charge in [-0.1, -0.05) is 48.5 Å². The monoisotopic (exact) mass is 270 g/mol. The van der Waals surface area contributed by atoms with Crippen LogP contribution < -0.4 is 0 Å². The first-order valence-electron chi connectivity index (χ1n) is 7.17. The molecule has 0 amide bonds. The largest absolute Gasteiger partial charge is 0.377 e. The Morgan fingerprint density at radius 3 is 2.20 bits per heavy atom. The van der Waals surface area contributed by atoms with Gasteiger partial charge in [0.15, 0.2) is 0 Å². The molecule has 0 aliphatic rings. The van der Waals surface area contributed by atoms with E-state index in [1.165, 1.54) is 22.3 Å². The average Bonchev–Trinajstić information content (AvgIpc) is 2.51. The third-order valence-electron chi connectivity index (χ3n) is 3.19. The molecule has 2 rings (SSSR count). The number of rotatable bonds is 7. The molecule has 106 valence electrons. The van der Waals surface area contributed by atoms with E-state index in [4.69, 9.17) is 9.47 Å². The summed E-state index contributed by atoms with van der Waals surface area (Å²) in [6, 6.07) is 16.9. The standard InChI is InChI=1S/C18H22O2/c1-3-19-13-15-10-11-18(16-8-6-5-7-9-16)17(12-15)14-20-4-2/h5-12H,3-4,13-14H2,1-2H3. The van der Waals surface area contributed by atoms with Gasteiger partial charge in [0.05, 0.1) is 13.2 Å². The van der Waals surface area contributed by atoms with Gasteiger partial charge in [-0.15, -0.1) is 0 Å². The van der Waals surface area contributed by atoms with Crippen molar-refractivity contribution in [2.75, 3.05) is 13.2 Å². The highest BCUT2D eigenvalue weighted by atomic mass is 16.5. The van der Waals surface area contributed by atoms with E-state index in [-0.39, 0.29) is 0 Å². The second-order valence-electron chi connectivity index (χ2n) is 4.63. The first-order chi connectivity index (χ1) is 9.85. The summed E-state index contributed by atoms with van der Waals surface area (Å²) < 4.78 is 11.1. The number of ether oxygens (including phenoxy) is 2. The van der Waals surface area contributed by atoms with Crippen molar-refractivity contribution >= 4 is 0 Å². The van der Waals surface area contributed by atoms with Crippen molar-refractivity contribution < 1.29 is 9.47 Å². The Balaban J connectivity index is 2.30. The van der Waals surface area contributed by atoms with E-state index in [2.05, 4.69) is 42.5 Å². The highest BCUT2D eigenvalue weighted by molar-refractivity contribution is 5.67. The first kappa shape index (κ1) is 14.8. The second kappa shape index (κ2) is 7.83. The highest BCUT2D eigenvalue weighted by Crippen LogP contribution is 2.25. The number of hydrogen-bond donors (Lipinski definition) is 0. The predicted octanol–water partition coefficient (Wildman–Crippen LogP) is 4.43. The first-order valence-corrected chi connectivity index (χ1v) is 7.17. The minimum atomic E-state index is 0.640. The summed E-state index contributed by atoms with van der Waals surface area (Å²) in [6.45, 7) is 6.79. The van der Waals surface area contributed by atoms with Gasteiger partial charge in [0.1, 0.15) is 0 Å². The Morgan fingerprint density at radius 1 is 0.800 bits per heavy atom. The van der Waals surface area contributed by atoms with Crippen LogP contribution in [0.1, 0.15) is 25.0 Å². The average molecular weight is 270 g/mol. The molecule has 0 saturated heterocycles. The van der Waals surface area contributed by atoms with E-state index in [0.29, 0.717) is 13.2 Å². The summed E-state index contributed by atoms with van der Waals surface area (Å²) in [7, 11) is 0. The quantitative estimate of drug-likeness (QED) is 0.741. The predicted molar refractivity (Wildman–Crippen MR) is 82.5 cm³/mol. The minimum absolute atomic E-state index is 0.640. The van der Waals surface area contributed by atoms with Crippen LogP contribution in [0.4, 0.5) is 0 Å². The van der Waals surface area contributed by atoms with Gasteiger partial charge in [-0.05, 0) is 36.1 Å². The SMILES string of the molecule is CCOCc1ccc(-c2ccccc2)c(COCC)c1. The Kier molecular flexibility index (Phi) is 5.78. The molecule has 0 fully saturated rings. The Morgan fingerprint density at radius 2 is 1.50 bits per heavy atom. The fraction of sp³-hybridized carbons (Fsp3) is 0.333. The van der Waals surface area contributed by atoms with Crippen molar-refractivity contribution in [3.63, 3.8) is 0 Å². The molecule has 0 heterocycles. The van der Waals surface area contributed by atoms with Crippen LogP contribution in [0.5, 0.6) is 0 Å². The summed E-state index contributed by atoms with van der Waals surface area (Å²) in [5, 5.41) is 0. The maximum atomic E-state index is 5.60. The Labute approximate surface area is 121 Å². The molecule has 0 aliphatic carbocycles. The van der Waals surface area contributed by atoms with Crippen LogP contribution >= 0.6 is 0 Å². The third kappa shape index (κ3) is 3.92. The van der Waals surface area contributed by atoms with E-state index >= 15 is 0 Å². The molecule has 2 aromatic carbocycles. The van der Waals surface area contributed by atoms with Crippen molar-refractivity contribution in [1.29, 1.82) is 0 Å². The molecule has 0 aliphatic heterocycles. The molecule has 0 bridgehead atoms. The molecule has 2 nitrogen and oxygen atoms in total. The fourth-order valence-corrected chi connectivity index (χ4v) is 2.19. The van der Waals surface area contributed by atoms with Crippen LogP contribution in [0.3, 0.4) is 0 Å². The van der Waals surface area contributed by atoms with Gasteiger partial charge in [-0.25, -0.2) is 0 Å². The van der Waals surface area contributed by atoms with Crippen LogP contribution in [0, 0.1) is 0 Å². The van der Waals surface area contributed by atoms with Crippen LogP contribution in [-0.2, 0) is 22.7 Å². The van der Waals surface area contributed by atoms with E-state index in [0.717, 1.165) is 13.2 Å². The summed E-state index contributed by atoms with van der Waals surface area (Å²) >= 11 is 0. The molecule has 0 saturated carbocycles. The number of benzene rings is 2. The van der Waals surface area contributed by atoms with Crippen LogP contribution in [-0.4, -0.2) is 13.2 Å². The molecule has 20 heavy (non-hydrogen) atoms. The van der Waals surface area contributed by atoms with Crippen molar-refractivity contribution in [3.05, 3.63) is 59.7 Å². The maximum Gasteiger partial charge on any atom is 0.0722 e. The minimum Gasteiger partial charge on any atom is -0.377 e. The van der Waals surface area contributed by atoms with Gasteiger partial charge in [0.2, 0.25) is 0 Å². The van der Waals surface area contributed by atoms with Gasteiger partial charge in [0, 0.05) is 13.2 Å². The summed E-state index contributed by atoms with van der Waals surface area (Å²) in [4.78, 5) is 0. The molecule has 0 unspecified atom stereocenters. The molecule has 0 atom stereocenters. The zero-order valence-electron chi connectivity index (χ0n) is 12.3. The topological polar surface area (TPSA) is 18.5 Å². The van der Waals surface area contributed by atoms with Crippen molar-refractivity contribution in [2.24, 2.45) is 0 Å². The van der Waals surface area contributed by atoms with E-state index in [1.54, 1.807) is 0 Å². The molecule has 0 aromatic heterocycles. The normalized spacial score (nSPS) is 10.7. The Hall–Kier alpha value is -1.64. The summed E-state index contributed by atoms with van der Waals surface area (Å²) in [6.07, 6.45) is 0. The van der Waals surface area contributed by atoms with Gasteiger partial charge < -0.3 is 9.47 Å². The maximum absolute atomic E-state index is 5.60. The highest BCUT2D eigenvalue weighted by Gasteiger charge is 2.06. The van der Waals surface area contributed by atoms with Crippen LogP contribution in [0.2, 0.25) is 0 Å². The van der Waals surface area contributed by atoms with E-state index in [1.807, 2.05) is 19.9 Å².